The summed E-state index contributed by atoms with van der Waals surface area (Å²) in [5.41, 5.74) is 0.868. The normalized spacial score (nSPS) is 17.0. The number of rotatable bonds is 8. The Labute approximate surface area is 173 Å². The average molecular weight is 404 g/mol. The van der Waals surface area contributed by atoms with Crippen molar-refractivity contribution in [3.63, 3.8) is 0 Å². The molecular weight excluding hydrogens is 370 g/mol. The second-order valence-corrected chi connectivity index (χ2v) is 7.69. The van der Waals surface area contributed by atoms with Crippen LogP contribution in [0.3, 0.4) is 0 Å². The fourth-order valence-corrected chi connectivity index (χ4v) is 3.35. The van der Waals surface area contributed by atoms with Crippen LogP contribution in [0, 0.1) is 5.92 Å². The number of piperidine rings is 1. The third-order valence-corrected chi connectivity index (χ3v) is 5.38. The van der Waals surface area contributed by atoms with Gasteiger partial charge in [-0.3, -0.25) is 9.59 Å². The number of carbonyl (C=O) groups is 3. The van der Waals surface area contributed by atoms with Gasteiger partial charge in [0, 0.05) is 13.1 Å². The maximum Gasteiger partial charge on any atom is 0.408 e. The SMILES string of the molecule is CC[C@H](C)[C@H](NC(=O)OCc1ccccc1)C(=O)NC(C)C(=O)N1CCCCC1. The van der Waals surface area contributed by atoms with Crippen molar-refractivity contribution in [2.45, 2.75) is 65.1 Å². The largest absolute Gasteiger partial charge is 0.445 e. The van der Waals surface area contributed by atoms with Crippen molar-refractivity contribution in [2.24, 2.45) is 5.92 Å². The number of amides is 3. The van der Waals surface area contributed by atoms with Crippen LogP contribution in [0.4, 0.5) is 4.79 Å². The molecule has 0 radical (unpaired) electrons. The van der Waals surface area contributed by atoms with E-state index in [2.05, 4.69) is 10.6 Å². The molecule has 7 nitrogen and oxygen atoms in total. The van der Waals surface area contributed by atoms with E-state index in [4.69, 9.17) is 4.74 Å². The number of hydrogen-bond acceptors (Lipinski definition) is 4. The summed E-state index contributed by atoms with van der Waals surface area (Å²) in [4.78, 5) is 39.4. The second-order valence-electron chi connectivity index (χ2n) is 7.69. The first-order valence-corrected chi connectivity index (χ1v) is 10.5. The smallest absolute Gasteiger partial charge is 0.408 e. The van der Waals surface area contributed by atoms with Gasteiger partial charge in [0.05, 0.1) is 0 Å². The molecular formula is C22H33N3O4. The topological polar surface area (TPSA) is 87.7 Å². The first-order chi connectivity index (χ1) is 13.9. The van der Waals surface area contributed by atoms with Crippen LogP contribution < -0.4 is 10.6 Å². The molecule has 7 heteroatoms. The number of benzene rings is 1. The number of ether oxygens (including phenoxy) is 1. The molecule has 3 amide bonds. The van der Waals surface area contributed by atoms with Crippen LogP contribution in [0.25, 0.3) is 0 Å². The lowest BCUT2D eigenvalue weighted by atomic mass is 9.98. The highest BCUT2D eigenvalue weighted by Crippen LogP contribution is 2.12. The molecule has 1 aromatic rings. The Balaban J connectivity index is 1.90. The molecule has 1 aromatic carbocycles. The highest BCUT2D eigenvalue weighted by Gasteiger charge is 2.30. The average Bonchev–Trinajstić information content (AvgIpc) is 2.76. The van der Waals surface area contributed by atoms with E-state index < -0.39 is 18.2 Å². The van der Waals surface area contributed by atoms with Crippen LogP contribution in [0.5, 0.6) is 0 Å². The third kappa shape index (κ3) is 7.07. The van der Waals surface area contributed by atoms with Gasteiger partial charge in [-0.05, 0) is 37.7 Å². The molecule has 2 rings (SSSR count). The number of nitrogens with one attached hydrogen (secondary N) is 2. The lowest BCUT2D eigenvalue weighted by Gasteiger charge is -2.30. The summed E-state index contributed by atoms with van der Waals surface area (Å²) >= 11 is 0. The molecule has 160 valence electrons. The van der Waals surface area contributed by atoms with Crippen molar-refractivity contribution < 1.29 is 19.1 Å². The first-order valence-electron chi connectivity index (χ1n) is 10.5. The molecule has 1 fully saturated rings. The number of likely N-dealkylation sites (tertiary alicyclic amines) is 1. The first kappa shape index (κ1) is 22.7. The molecule has 0 aliphatic carbocycles. The van der Waals surface area contributed by atoms with Crippen LogP contribution in [0.2, 0.25) is 0 Å². The van der Waals surface area contributed by atoms with Gasteiger partial charge >= 0.3 is 6.09 Å². The summed E-state index contributed by atoms with van der Waals surface area (Å²) in [6, 6.07) is 7.95. The fourth-order valence-electron chi connectivity index (χ4n) is 3.35. The minimum absolute atomic E-state index is 0.0763. The molecule has 0 aromatic heterocycles. The maximum atomic E-state index is 12.8. The van der Waals surface area contributed by atoms with Crippen LogP contribution in [0.1, 0.15) is 52.0 Å². The molecule has 0 saturated carbocycles. The fraction of sp³-hybridized carbons (Fsp3) is 0.591. The van der Waals surface area contributed by atoms with Crippen molar-refractivity contribution >= 4 is 17.9 Å². The third-order valence-electron chi connectivity index (χ3n) is 5.38. The Morgan fingerprint density at radius 1 is 1.03 bits per heavy atom. The summed E-state index contributed by atoms with van der Waals surface area (Å²) in [7, 11) is 0. The lowest BCUT2D eigenvalue weighted by Crippen LogP contribution is -2.55. The van der Waals surface area contributed by atoms with E-state index in [-0.39, 0.29) is 24.3 Å². The summed E-state index contributed by atoms with van der Waals surface area (Å²) in [6.07, 6.45) is 3.18. The van der Waals surface area contributed by atoms with E-state index in [0.717, 1.165) is 37.9 Å². The van der Waals surface area contributed by atoms with Gasteiger partial charge in [-0.15, -0.1) is 0 Å². The van der Waals surface area contributed by atoms with Gasteiger partial charge in [0.15, 0.2) is 0 Å². The van der Waals surface area contributed by atoms with E-state index in [0.29, 0.717) is 6.42 Å². The summed E-state index contributed by atoms with van der Waals surface area (Å²) in [6.45, 7) is 7.13. The number of nitrogens with zero attached hydrogens (tertiary/aromatic N) is 1. The predicted molar refractivity (Wildman–Crippen MR) is 111 cm³/mol. The number of alkyl carbamates (subject to hydrolysis) is 1. The number of hydrogen-bond donors (Lipinski definition) is 2. The molecule has 1 unspecified atom stereocenters. The lowest BCUT2D eigenvalue weighted by molar-refractivity contribution is -0.137. The Hall–Kier alpha value is -2.57. The van der Waals surface area contributed by atoms with Gasteiger partial charge in [0.1, 0.15) is 18.7 Å². The molecule has 0 spiro atoms. The molecule has 1 aliphatic rings. The molecule has 2 N–H and O–H groups in total. The summed E-state index contributed by atoms with van der Waals surface area (Å²) in [5.74, 6) is -0.543. The van der Waals surface area contributed by atoms with Crippen molar-refractivity contribution in [3.8, 4) is 0 Å². The van der Waals surface area contributed by atoms with E-state index in [1.54, 1.807) is 11.8 Å². The minimum atomic E-state index is -0.764. The Kier molecular flexibility index (Phi) is 8.96. The van der Waals surface area contributed by atoms with Crippen molar-refractivity contribution in [1.82, 2.24) is 15.5 Å². The molecule has 0 bridgehead atoms. The molecule has 1 heterocycles. The van der Waals surface area contributed by atoms with E-state index in [1.807, 2.05) is 44.2 Å². The summed E-state index contributed by atoms with van der Waals surface area (Å²) in [5, 5.41) is 5.43. The van der Waals surface area contributed by atoms with Gasteiger partial charge < -0.3 is 20.3 Å². The second kappa shape index (κ2) is 11.4. The van der Waals surface area contributed by atoms with Gasteiger partial charge in [-0.25, -0.2) is 4.79 Å². The maximum absolute atomic E-state index is 12.8. The molecule has 1 saturated heterocycles. The van der Waals surface area contributed by atoms with Gasteiger partial charge in [-0.2, -0.15) is 0 Å². The standard InChI is InChI=1S/C22H33N3O4/c1-4-16(2)19(24-22(28)29-15-18-11-7-5-8-12-18)20(26)23-17(3)21(27)25-13-9-6-10-14-25/h5,7-8,11-12,16-17,19H,4,6,9-10,13-15H2,1-3H3,(H,23,26)(H,24,28)/t16-,17?,19-/m0/s1. The van der Waals surface area contributed by atoms with Crippen LogP contribution in [-0.2, 0) is 20.9 Å². The minimum Gasteiger partial charge on any atom is -0.445 e. The van der Waals surface area contributed by atoms with Crippen LogP contribution in [0.15, 0.2) is 30.3 Å². The quantitative estimate of drug-likeness (QED) is 0.699. The van der Waals surface area contributed by atoms with E-state index >= 15 is 0 Å². The zero-order valence-electron chi connectivity index (χ0n) is 17.6. The van der Waals surface area contributed by atoms with Gasteiger partial charge in [0.25, 0.3) is 0 Å². The Morgan fingerprint density at radius 3 is 2.31 bits per heavy atom. The molecule has 29 heavy (non-hydrogen) atoms. The Bertz CT molecular complexity index is 674. The van der Waals surface area contributed by atoms with Crippen molar-refractivity contribution in [3.05, 3.63) is 35.9 Å². The highest BCUT2D eigenvalue weighted by molar-refractivity contribution is 5.91. The molecule has 3 atom stereocenters. The van der Waals surface area contributed by atoms with Crippen molar-refractivity contribution in [1.29, 1.82) is 0 Å². The monoisotopic (exact) mass is 403 g/mol. The predicted octanol–water partition coefficient (Wildman–Crippen LogP) is 2.84. The number of carbonyl (C=O) groups excluding carboxylic acids is 3. The summed E-state index contributed by atoms with van der Waals surface area (Å²) < 4.78 is 5.25. The zero-order valence-corrected chi connectivity index (χ0v) is 17.6. The van der Waals surface area contributed by atoms with Crippen molar-refractivity contribution in [2.75, 3.05) is 13.1 Å². The van der Waals surface area contributed by atoms with Gasteiger partial charge in [-0.1, -0.05) is 50.6 Å². The van der Waals surface area contributed by atoms with Gasteiger partial charge in [0.2, 0.25) is 11.8 Å². The van der Waals surface area contributed by atoms with Crippen LogP contribution in [-0.4, -0.2) is 48.0 Å². The van der Waals surface area contributed by atoms with E-state index in [1.165, 1.54) is 0 Å². The van der Waals surface area contributed by atoms with E-state index in [9.17, 15) is 14.4 Å². The zero-order chi connectivity index (χ0) is 21.2. The molecule has 1 aliphatic heterocycles. The van der Waals surface area contributed by atoms with Crippen LogP contribution >= 0.6 is 0 Å². The highest BCUT2D eigenvalue weighted by atomic mass is 16.5. The Morgan fingerprint density at radius 2 is 1.69 bits per heavy atom.